The summed E-state index contributed by atoms with van der Waals surface area (Å²) in [4.78, 5) is 12.9. The Labute approximate surface area is 129 Å². The van der Waals surface area contributed by atoms with Crippen LogP contribution < -0.4 is 11.1 Å². The Kier molecular flexibility index (Phi) is 4.06. The lowest BCUT2D eigenvalue weighted by Crippen LogP contribution is -2.58. The van der Waals surface area contributed by atoms with Gasteiger partial charge >= 0.3 is 0 Å². The molecule has 0 radical (unpaired) electrons. The van der Waals surface area contributed by atoms with Crippen molar-refractivity contribution >= 4 is 5.91 Å². The van der Waals surface area contributed by atoms with Crippen LogP contribution >= 0.6 is 0 Å². The number of carbonyl (C=O) groups is 1. The van der Waals surface area contributed by atoms with Gasteiger partial charge in [-0.15, -0.1) is 0 Å². The van der Waals surface area contributed by atoms with Crippen LogP contribution in [0.3, 0.4) is 0 Å². The van der Waals surface area contributed by atoms with Crippen LogP contribution in [0, 0.1) is 35.5 Å². The third kappa shape index (κ3) is 2.99. The van der Waals surface area contributed by atoms with Gasteiger partial charge in [-0.25, -0.2) is 0 Å². The Morgan fingerprint density at radius 1 is 1.14 bits per heavy atom. The van der Waals surface area contributed by atoms with Crippen molar-refractivity contribution in [2.45, 2.75) is 64.8 Å². The van der Waals surface area contributed by atoms with Crippen LogP contribution in [0.1, 0.15) is 59.3 Å². The van der Waals surface area contributed by atoms with Gasteiger partial charge in [0.15, 0.2) is 0 Å². The highest BCUT2D eigenvalue weighted by atomic mass is 16.2. The van der Waals surface area contributed by atoms with E-state index in [9.17, 15) is 4.79 Å². The summed E-state index contributed by atoms with van der Waals surface area (Å²) in [5.74, 6) is 4.29. The molecule has 4 aliphatic rings. The summed E-state index contributed by atoms with van der Waals surface area (Å²) in [5, 5.41) is 3.34. The molecule has 0 heterocycles. The monoisotopic (exact) mass is 292 g/mol. The highest BCUT2D eigenvalue weighted by molar-refractivity contribution is 5.80. The first-order valence-corrected chi connectivity index (χ1v) is 8.92. The highest BCUT2D eigenvalue weighted by Crippen LogP contribution is 2.56. The molecule has 0 aromatic rings. The number of hydrogen-bond donors (Lipinski definition) is 2. The fraction of sp³-hybridized carbons (Fsp3) is 0.944. The number of nitrogens with one attached hydrogen (secondary N) is 1. The molecule has 4 saturated carbocycles. The second kappa shape index (κ2) is 5.57. The van der Waals surface area contributed by atoms with Gasteiger partial charge < -0.3 is 11.1 Å². The van der Waals surface area contributed by atoms with E-state index in [1.165, 1.54) is 32.1 Å². The molecular weight excluding hydrogens is 260 g/mol. The van der Waals surface area contributed by atoms with Crippen molar-refractivity contribution in [3.63, 3.8) is 0 Å². The molecule has 0 saturated heterocycles. The number of nitrogens with two attached hydrogens (primary N) is 1. The third-order valence-corrected chi connectivity index (χ3v) is 6.26. The van der Waals surface area contributed by atoms with E-state index in [1.807, 2.05) is 0 Å². The molecule has 3 N–H and O–H groups in total. The van der Waals surface area contributed by atoms with Gasteiger partial charge in [0.2, 0.25) is 5.91 Å². The minimum atomic E-state index is -0.236. The van der Waals surface area contributed by atoms with Crippen LogP contribution in [0.4, 0.5) is 0 Å². The minimum Gasteiger partial charge on any atom is -0.349 e. The summed E-state index contributed by atoms with van der Waals surface area (Å²) in [7, 11) is 0. The normalized spacial score (nSPS) is 40.3. The molecule has 0 spiro atoms. The molecule has 0 aromatic heterocycles. The zero-order valence-corrected chi connectivity index (χ0v) is 13.9. The van der Waals surface area contributed by atoms with Crippen LogP contribution in [0.2, 0.25) is 0 Å². The molecule has 1 amide bonds. The van der Waals surface area contributed by atoms with Crippen LogP contribution in [0.25, 0.3) is 0 Å². The van der Waals surface area contributed by atoms with Gasteiger partial charge in [-0.2, -0.15) is 0 Å². The lowest BCUT2D eigenvalue weighted by molar-refractivity contribution is -0.140. The van der Waals surface area contributed by atoms with E-state index < -0.39 is 0 Å². The molecule has 4 aliphatic carbocycles. The van der Waals surface area contributed by atoms with Gasteiger partial charge in [0.05, 0.1) is 0 Å². The predicted octanol–water partition coefficient (Wildman–Crippen LogP) is 2.94. The topological polar surface area (TPSA) is 55.1 Å². The molecular formula is C18H32N2O. The molecule has 3 nitrogen and oxygen atoms in total. The molecule has 4 rings (SSSR count). The van der Waals surface area contributed by atoms with E-state index in [4.69, 9.17) is 5.73 Å². The molecule has 1 atom stereocenters. The Morgan fingerprint density at radius 3 is 2.10 bits per heavy atom. The van der Waals surface area contributed by atoms with E-state index in [2.05, 4.69) is 26.1 Å². The summed E-state index contributed by atoms with van der Waals surface area (Å²) in [6.45, 7) is 7.04. The summed E-state index contributed by atoms with van der Waals surface area (Å²) >= 11 is 0. The summed E-state index contributed by atoms with van der Waals surface area (Å²) in [5.41, 5.74) is 5.73. The van der Waals surface area contributed by atoms with E-state index in [0.717, 1.165) is 18.3 Å². The highest BCUT2D eigenvalue weighted by Gasteiger charge is 2.51. The van der Waals surface area contributed by atoms with E-state index in [1.54, 1.807) is 0 Å². The molecule has 1 unspecified atom stereocenters. The van der Waals surface area contributed by atoms with Crippen molar-refractivity contribution in [1.29, 1.82) is 0 Å². The maximum Gasteiger partial charge on any atom is 0.224 e. The molecule has 120 valence electrons. The summed E-state index contributed by atoms with van der Waals surface area (Å²) in [6, 6.07) is 0. The number of hydrogen-bond acceptors (Lipinski definition) is 2. The lowest BCUT2D eigenvalue weighted by atomic mass is 9.51. The van der Waals surface area contributed by atoms with Crippen LogP contribution in [-0.2, 0) is 4.79 Å². The van der Waals surface area contributed by atoms with Crippen LogP contribution in [0.15, 0.2) is 0 Å². The minimum absolute atomic E-state index is 0.236. The van der Waals surface area contributed by atoms with Gasteiger partial charge in [-0.1, -0.05) is 13.8 Å². The predicted molar refractivity (Wildman–Crippen MR) is 85.6 cm³/mol. The number of amides is 1. The van der Waals surface area contributed by atoms with Gasteiger partial charge in [-0.3, -0.25) is 4.79 Å². The largest absolute Gasteiger partial charge is 0.349 e. The summed E-state index contributed by atoms with van der Waals surface area (Å²) < 4.78 is 0. The first kappa shape index (κ1) is 15.3. The molecule has 0 aromatic carbocycles. The average molecular weight is 292 g/mol. The van der Waals surface area contributed by atoms with E-state index >= 15 is 0 Å². The SMILES string of the molecule is CC(C)CC(C)(CN)NC(=O)C1C2CC3CC(C2)CC1C3. The van der Waals surface area contributed by atoms with Gasteiger partial charge in [-0.05, 0) is 75.0 Å². The lowest BCUT2D eigenvalue weighted by Gasteiger charge is -2.54. The maximum atomic E-state index is 12.9. The van der Waals surface area contributed by atoms with E-state index in [0.29, 0.717) is 30.2 Å². The number of rotatable bonds is 5. The zero-order chi connectivity index (χ0) is 15.2. The maximum absolute atomic E-state index is 12.9. The van der Waals surface area contributed by atoms with Crippen LogP contribution in [-0.4, -0.2) is 18.0 Å². The smallest absolute Gasteiger partial charge is 0.224 e. The van der Waals surface area contributed by atoms with Crippen molar-refractivity contribution < 1.29 is 4.79 Å². The van der Waals surface area contributed by atoms with Gasteiger partial charge in [0.1, 0.15) is 0 Å². The Bertz CT molecular complexity index is 378. The number of carbonyl (C=O) groups excluding carboxylic acids is 1. The molecule has 4 fully saturated rings. The van der Waals surface area contributed by atoms with Gasteiger partial charge in [0, 0.05) is 18.0 Å². The van der Waals surface area contributed by atoms with Crippen LogP contribution in [0.5, 0.6) is 0 Å². The third-order valence-electron chi connectivity index (χ3n) is 6.26. The van der Waals surface area contributed by atoms with Crippen molar-refractivity contribution in [2.75, 3.05) is 6.54 Å². The van der Waals surface area contributed by atoms with Crippen molar-refractivity contribution in [2.24, 2.45) is 41.2 Å². The van der Waals surface area contributed by atoms with Gasteiger partial charge in [0.25, 0.3) is 0 Å². The van der Waals surface area contributed by atoms with E-state index in [-0.39, 0.29) is 11.5 Å². The molecule has 4 bridgehead atoms. The molecule has 0 aliphatic heterocycles. The Balaban J connectivity index is 1.68. The first-order valence-electron chi connectivity index (χ1n) is 8.92. The van der Waals surface area contributed by atoms with Crippen molar-refractivity contribution in [3.8, 4) is 0 Å². The second-order valence-electron chi connectivity index (χ2n) is 8.81. The standard InChI is InChI=1S/C18H32N2O/c1-11(2)9-18(3,10-19)20-17(21)16-14-5-12-4-13(7-14)8-15(16)6-12/h11-16H,4-10,19H2,1-3H3,(H,20,21). The van der Waals surface area contributed by atoms with Crippen molar-refractivity contribution in [1.82, 2.24) is 5.32 Å². The molecule has 21 heavy (non-hydrogen) atoms. The molecule has 3 heteroatoms. The quantitative estimate of drug-likeness (QED) is 0.818. The first-order chi connectivity index (χ1) is 9.90. The second-order valence-corrected chi connectivity index (χ2v) is 8.81. The van der Waals surface area contributed by atoms with Crippen molar-refractivity contribution in [3.05, 3.63) is 0 Å². The average Bonchev–Trinajstić information content (AvgIpc) is 2.36. The summed E-state index contributed by atoms with van der Waals surface area (Å²) in [6.07, 6.45) is 7.60. The fourth-order valence-corrected chi connectivity index (χ4v) is 5.82. The fourth-order valence-electron chi connectivity index (χ4n) is 5.82. The Hall–Kier alpha value is -0.570. The Morgan fingerprint density at radius 2 is 1.67 bits per heavy atom. The zero-order valence-electron chi connectivity index (χ0n) is 13.9.